The monoisotopic (exact) mass is 156 g/mol. The highest BCUT2D eigenvalue weighted by atomic mass is 16.5. The molecule has 0 spiro atoms. The topological polar surface area (TPSA) is 26.3 Å². The van der Waals surface area contributed by atoms with E-state index in [4.69, 9.17) is 4.74 Å². The van der Waals surface area contributed by atoms with Crippen molar-refractivity contribution < 1.29 is 9.53 Å². The fourth-order valence-electron chi connectivity index (χ4n) is 1.56. The smallest absolute Gasteiger partial charge is 0.311 e. The highest BCUT2D eigenvalue weighted by molar-refractivity contribution is 5.76. The molecule has 0 aromatic heterocycles. The Hall–Kier alpha value is -0.530. The lowest BCUT2D eigenvalue weighted by atomic mass is 9.67. The van der Waals surface area contributed by atoms with Gasteiger partial charge in [0.2, 0.25) is 0 Å². The summed E-state index contributed by atoms with van der Waals surface area (Å²) >= 11 is 0. The molecule has 2 heteroatoms. The second-order valence-corrected chi connectivity index (χ2v) is 3.84. The van der Waals surface area contributed by atoms with Crippen LogP contribution in [0, 0.1) is 11.3 Å². The van der Waals surface area contributed by atoms with Gasteiger partial charge in [-0.25, -0.2) is 0 Å². The van der Waals surface area contributed by atoms with E-state index in [9.17, 15) is 4.79 Å². The molecule has 0 aromatic rings. The van der Waals surface area contributed by atoms with Gasteiger partial charge in [0.1, 0.15) is 0 Å². The first kappa shape index (κ1) is 8.57. The van der Waals surface area contributed by atoms with Gasteiger partial charge in [0, 0.05) is 0 Å². The van der Waals surface area contributed by atoms with Crippen molar-refractivity contribution in [2.24, 2.45) is 11.3 Å². The molecule has 0 bridgehead atoms. The normalized spacial score (nSPS) is 19.2. The SMILES string of the molecule is COC(=O)C(C)(C)C1CCC1. The lowest BCUT2D eigenvalue weighted by molar-refractivity contribution is -0.156. The van der Waals surface area contributed by atoms with Crippen molar-refractivity contribution in [3.63, 3.8) is 0 Å². The fraction of sp³-hybridized carbons (Fsp3) is 0.889. The molecule has 0 aliphatic heterocycles. The Bertz CT molecular complexity index is 157. The Morgan fingerprint density at radius 3 is 2.27 bits per heavy atom. The summed E-state index contributed by atoms with van der Waals surface area (Å²) in [6.07, 6.45) is 3.63. The molecule has 0 atom stereocenters. The molecule has 11 heavy (non-hydrogen) atoms. The maximum Gasteiger partial charge on any atom is 0.311 e. The quantitative estimate of drug-likeness (QED) is 0.571. The van der Waals surface area contributed by atoms with Gasteiger partial charge in [0.05, 0.1) is 12.5 Å². The van der Waals surface area contributed by atoms with Crippen LogP contribution in [0.3, 0.4) is 0 Å². The van der Waals surface area contributed by atoms with Gasteiger partial charge in [-0.2, -0.15) is 0 Å². The zero-order valence-corrected chi connectivity index (χ0v) is 7.52. The number of carbonyl (C=O) groups is 1. The molecule has 1 aliphatic carbocycles. The summed E-state index contributed by atoms with van der Waals surface area (Å²) in [5, 5.41) is 0. The molecule has 0 heterocycles. The zero-order valence-electron chi connectivity index (χ0n) is 7.52. The van der Waals surface area contributed by atoms with E-state index in [1.54, 1.807) is 0 Å². The van der Waals surface area contributed by atoms with E-state index < -0.39 is 0 Å². The first-order valence-electron chi connectivity index (χ1n) is 4.17. The van der Waals surface area contributed by atoms with Crippen LogP contribution in [0.1, 0.15) is 33.1 Å². The summed E-state index contributed by atoms with van der Waals surface area (Å²) < 4.78 is 4.73. The van der Waals surface area contributed by atoms with E-state index in [2.05, 4.69) is 0 Å². The zero-order chi connectivity index (χ0) is 8.48. The summed E-state index contributed by atoms with van der Waals surface area (Å²) in [5.74, 6) is 0.483. The van der Waals surface area contributed by atoms with Crippen LogP contribution < -0.4 is 0 Å². The molecular formula is C9H16O2. The molecule has 1 rings (SSSR count). The van der Waals surface area contributed by atoms with Gasteiger partial charge < -0.3 is 4.74 Å². The first-order chi connectivity index (χ1) is 5.09. The predicted molar refractivity (Wildman–Crippen MR) is 43.1 cm³/mol. The summed E-state index contributed by atoms with van der Waals surface area (Å²) in [6.45, 7) is 3.95. The van der Waals surface area contributed by atoms with Gasteiger partial charge in [-0.3, -0.25) is 4.79 Å². The molecule has 0 aromatic carbocycles. The number of hydrogen-bond acceptors (Lipinski definition) is 2. The van der Waals surface area contributed by atoms with Crippen molar-refractivity contribution in [1.29, 1.82) is 0 Å². The maximum atomic E-state index is 11.2. The van der Waals surface area contributed by atoms with Crippen molar-refractivity contribution in [3.8, 4) is 0 Å². The highest BCUT2D eigenvalue weighted by Gasteiger charge is 2.40. The molecule has 1 saturated carbocycles. The van der Waals surface area contributed by atoms with Gasteiger partial charge in [-0.15, -0.1) is 0 Å². The van der Waals surface area contributed by atoms with Gasteiger partial charge in [-0.1, -0.05) is 6.42 Å². The first-order valence-corrected chi connectivity index (χ1v) is 4.17. The fourth-order valence-corrected chi connectivity index (χ4v) is 1.56. The third-order valence-corrected chi connectivity index (χ3v) is 2.84. The number of methoxy groups -OCH3 is 1. The van der Waals surface area contributed by atoms with Crippen molar-refractivity contribution in [2.75, 3.05) is 7.11 Å². The number of rotatable bonds is 2. The van der Waals surface area contributed by atoms with E-state index in [1.165, 1.54) is 26.4 Å². The second kappa shape index (κ2) is 2.84. The van der Waals surface area contributed by atoms with E-state index in [1.807, 2.05) is 13.8 Å². The highest BCUT2D eigenvalue weighted by Crippen LogP contribution is 2.42. The Balaban J connectivity index is 2.56. The van der Waals surface area contributed by atoms with Crippen molar-refractivity contribution >= 4 is 5.97 Å². The van der Waals surface area contributed by atoms with Crippen molar-refractivity contribution in [3.05, 3.63) is 0 Å². The predicted octanol–water partition coefficient (Wildman–Crippen LogP) is 1.99. The van der Waals surface area contributed by atoms with Crippen LogP contribution in [0.15, 0.2) is 0 Å². The van der Waals surface area contributed by atoms with Crippen LogP contribution >= 0.6 is 0 Å². The lowest BCUT2D eigenvalue weighted by Gasteiger charge is -2.37. The largest absolute Gasteiger partial charge is 0.469 e. The van der Waals surface area contributed by atoms with E-state index >= 15 is 0 Å². The van der Waals surface area contributed by atoms with Crippen LogP contribution in [0.5, 0.6) is 0 Å². The molecule has 1 fully saturated rings. The summed E-state index contributed by atoms with van der Waals surface area (Å²) in [4.78, 5) is 11.2. The molecule has 64 valence electrons. The molecule has 0 unspecified atom stereocenters. The van der Waals surface area contributed by atoms with Crippen molar-refractivity contribution in [1.82, 2.24) is 0 Å². The summed E-state index contributed by atoms with van der Waals surface area (Å²) in [6, 6.07) is 0. The minimum atomic E-state index is -0.257. The van der Waals surface area contributed by atoms with Gasteiger partial charge in [-0.05, 0) is 32.6 Å². The number of esters is 1. The van der Waals surface area contributed by atoms with Crippen LogP contribution in [-0.4, -0.2) is 13.1 Å². The van der Waals surface area contributed by atoms with E-state index in [0.717, 1.165) is 0 Å². The van der Waals surface area contributed by atoms with Crippen LogP contribution in [0.2, 0.25) is 0 Å². The van der Waals surface area contributed by atoms with Crippen LogP contribution in [-0.2, 0) is 9.53 Å². The Morgan fingerprint density at radius 1 is 1.45 bits per heavy atom. The molecule has 2 nitrogen and oxygen atoms in total. The minimum Gasteiger partial charge on any atom is -0.469 e. The average molecular weight is 156 g/mol. The summed E-state index contributed by atoms with van der Waals surface area (Å²) in [5.41, 5.74) is -0.257. The van der Waals surface area contributed by atoms with Gasteiger partial charge in [0.15, 0.2) is 0 Å². The third kappa shape index (κ3) is 1.39. The van der Waals surface area contributed by atoms with E-state index in [0.29, 0.717) is 5.92 Å². The standard InChI is InChI=1S/C9H16O2/c1-9(2,8(10)11-3)7-5-4-6-7/h7H,4-6H2,1-3H3. The average Bonchev–Trinajstić information content (AvgIpc) is 1.81. The second-order valence-electron chi connectivity index (χ2n) is 3.84. The molecule has 0 N–H and O–H groups in total. The van der Waals surface area contributed by atoms with Crippen molar-refractivity contribution in [2.45, 2.75) is 33.1 Å². The molecular weight excluding hydrogens is 140 g/mol. The molecule has 0 radical (unpaired) electrons. The Labute approximate surface area is 67.9 Å². The number of carbonyl (C=O) groups excluding carboxylic acids is 1. The molecule has 0 saturated heterocycles. The lowest BCUT2D eigenvalue weighted by Crippen LogP contribution is -2.37. The third-order valence-electron chi connectivity index (χ3n) is 2.84. The minimum absolute atomic E-state index is 0.0674. The Kier molecular flexibility index (Phi) is 2.21. The van der Waals surface area contributed by atoms with E-state index in [-0.39, 0.29) is 11.4 Å². The van der Waals surface area contributed by atoms with Crippen LogP contribution in [0.4, 0.5) is 0 Å². The van der Waals surface area contributed by atoms with Gasteiger partial charge >= 0.3 is 5.97 Å². The van der Waals surface area contributed by atoms with Crippen LogP contribution in [0.25, 0.3) is 0 Å². The molecule has 0 amide bonds. The number of hydrogen-bond donors (Lipinski definition) is 0. The maximum absolute atomic E-state index is 11.2. The Morgan fingerprint density at radius 2 is 2.00 bits per heavy atom. The summed E-state index contributed by atoms with van der Waals surface area (Å²) in [7, 11) is 1.46. The molecule has 1 aliphatic rings. The number of ether oxygens (including phenoxy) is 1. The van der Waals surface area contributed by atoms with Gasteiger partial charge in [0.25, 0.3) is 0 Å².